The molecule has 1 fully saturated rings. The number of nitrogens with zero attached hydrogens (tertiary/aromatic N) is 1. The molecule has 120 valence electrons. The predicted octanol–water partition coefficient (Wildman–Crippen LogP) is 5.01. The highest BCUT2D eigenvalue weighted by molar-refractivity contribution is 6.43. The summed E-state index contributed by atoms with van der Waals surface area (Å²) in [7, 11) is 0. The van der Waals surface area contributed by atoms with Gasteiger partial charge in [-0.05, 0) is 24.1 Å². The summed E-state index contributed by atoms with van der Waals surface area (Å²) >= 11 is 18.6. The quantitative estimate of drug-likeness (QED) is 0.572. The van der Waals surface area contributed by atoms with Crippen LogP contribution in [0.4, 0.5) is 0 Å². The number of rotatable bonds is 4. The highest BCUT2D eigenvalue weighted by Crippen LogP contribution is 2.37. The summed E-state index contributed by atoms with van der Waals surface area (Å²) in [5.41, 5.74) is 0.987. The number of piperazine rings is 1. The molecule has 1 aliphatic heterocycles. The Morgan fingerprint density at radius 3 is 2.38 bits per heavy atom. The minimum absolute atomic E-state index is 0. The monoisotopic (exact) mass is 390 g/mol. The van der Waals surface area contributed by atoms with Gasteiger partial charge in [-0.15, -0.1) is 31.4 Å². The van der Waals surface area contributed by atoms with Gasteiger partial charge in [0.15, 0.2) is 0 Å². The van der Waals surface area contributed by atoms with Crippen LogP contribution in [0.2, 0.25) is 15.1 Å². The van der Waals surface area contributed by atoms with E-state index in [9.17, 15) is 0 Å². The first-order valence-electron chi connectivity index (χ1n) is 6.33. The number of hydrogen-bond acceptors (Lipinski definition) is 2. The lowest BCUT2D eigenvalue weighted by Gasteiger charge is -2.35. The fourth-order valence-corrected chi connectivity index (χ4v) is 3.19. The van der Waals surface area contributed by atoms with Crippen LogP contribution in [0.15, 0.2) is 24.8 Å². The molecule has 0 saturated carbocycles. The van der Waals surface area contributed by atoms with Gasteiger partial charge in [-0.3, -0.25) is 4.90 Å². The average Bonchev–Trinajstić information content (AvgIpc) is 2.41. The van der Waals surface area contributed by atoms with Gasteiger partial charge in [0.1, 0.15) is 0 Å². The number of halogens is 5. The van der Waals surface area contributed by atoms with Gasteiger partial charge in [-0.2, -0.15) is 0 Å². The highest BCUT2D eigenvalue weighted by Gasteiger charge is 2.24. The van der Waals surface area contributed by atoms with Gasteiger partial charge in [0, 0.05) is 37.2 Å². The minimum Gasteiger partial charge on any atom is -0.314 e. The smallest absolute Gasteiger partial charge is 0.0641 e. The topological polar surface area (TPSA) is 15.3 Å². The zero-order valence-corrected chi connectivity index (χ0v) is 15.4. The van der Waals surface area contributed by atoms with E-state index in [2.05, 4.69) is 16.8 Å². The lowest BCUT2D eigenvalue weighted by atomic mass is 10.0. The molecule has 2 nitrogen and oxygen atoms in total. The molecule has 0 radical (unpaired) electrons. The normalized spacial score (nSPS) is 16.5. The fourth-order valence-electron chi connectivity index (χ4n) is 2.44. The van der Waals surface area contributed by atoms with Crippen molar-refractivity contribution in [1.82, 2.24) is 10.2 Å². The largest absolute Gasteiger partial charge is 0.314 e. The van der Waals surface area contributed by atoms with Crippen molar-refractivity contribution in [2.45, 2.75) is 12.5 Å². The first-order chi connectivity index (χ1) is 9.13. The average molecular weight is 393 g/mol. The number of hydrogen-bond donors (Lipinski definition) is 1. The summed E-state index contributed by atoms with van der Waals surface area (Å²) in [5.74, 6) is 0. The molecule has 1 aromatic rings. The van der Waals surface area contributed by atoms with Crippen molar-refractivity contribution in [1.29, 1.82) is 0 Å². The van der Waals surface area contributed by atoms with Crippen molar-refractivity contribution in [3.05, 3.63) is 45.4 Å². The second kappa shape index (κ2) is 10.2. The Morgan fingerprint density at radius 1 is 1.19 bits per heavy atom. The molecule has 0 unspecified atom stereocenters. The van der Waals surface area contributed by atoms with E-state index < -0.39 is 0 Å². The predicted molar refractivity (Wildman–Crippen MR) is 98.0 cm³/mol. The molecule has 2 rings (SSSR count). The Kier molecular flexibility index (Phi) is 10.3. The molecule has 0 amide bonds. The third-order valence-corrected chi connectivity index (χ3v) is 4.40. The first-order valence-corrected chi connectivity index (χ1v) is 7.47. The maximum absolute atomic E-state index is 6.35. The van der Waals surface area contributed by atoms with Gasteiger partial charge in [0.25, 0.3) is 0 Å². The van der Waals surface area contributed by atoms with Gasteiger partial charge < -0.3 is 5.32 Å². The second-order valence-corrected chi connectivity index (χ2v) is 5.84. The van der Waals surface area contributed by atoms with E-state index in [0.717, 1.165) is 38.2 Å². The Bertz CT molecular complexity index is 461. The van der Waals surface area contributed by atoms with Gasteiger partial charge >= 0.3 is 0 Å². The van der Waals surface area contributed by atoms with E-state index in [1.165, 1.54) is 0 Å². The summed E-state index contributed by atoms with van der Waals surface area (Å²) in [4.78, 5) is 2.39. The lowest BCUT2D eigenvalue weighted by Crippen LogP contribution is -2.45. The zero-order valence-electron chi connectivity index (χ0n) is 11.4. The maximum atomic E-state index is 6.35. The van der Waals surface area contributed by atoms with Crippen LogP contribution in [0.5, 0.6) is 0 Å². The van der Waals surface area contributed by atoms with Crippen LogP contribution in [0.3, 0.4) is 0 Å². The lowest BCUT2D eigenvalue weighted by molar-refractivity contribution is 0.174. The minimum atomic E-state index is 0. The van der Waals surface area contributed by atoms with Gasteiger partial charge in [-0.25, -0.2) is 0 Å². The van der Waals surface area contributed by atoms with Gasteiger partial charge in [0.2, 0.25) is 0 Å². The summed E-state index contributed by atoms with van der Waals surface area (Å²) in [6.45, 7) is 7.79. The van der Waals surface area contributed by atoms with E-state index >= 15 is 0 Å². The van der Waals surface area contributed by atoms with Crippen molar-refractivity contribution < 1.29 is 0 Å². The van der Waals surface area contributed by atoms with Crippen molar-refractivity contribution in [2.75, 3.05) is 26.2 Å². The molecule has 1 atom stereocenters. The molecule has 0 bridgehead atoms. The summed E-state index contributed by atoms with van der Waals surface area (Å²) in [6, 6.07) is 3.77. The molecule has 0 aliphatic carbocycles. The van der Waals surface area contributed by atoms with Crippen molar-refractivity contribution in [3.8, 4) is 0 Å². The van der Waals surface area contributed by atoms with Crippen molar-refractivity contribution in [3.63, 3.8) is 0 Å². The fraction of sp³-hybridized carbons (Fsp3) is 0.429. The zero-order chi connectivity index (χ0) is 13.8. The molecule has 1 aliphatic rings. The van der Waals surface area contributed by atoms with E-state index in [1.807, 2.05) is 12.1 Å². The third-order valence-electron chi connectivity index (χ3n) is 3.36. The molecular weight excluding hydrogens is 373 g/mol. The van der Waals surface area contributed by atoms with Crippen LogP contribution in [0.25, 0.3) is 0 Å². The summed E-state index contributed by atoms with van der Waals surface area (Å²) < 4.78 is 0. The van der Waals surface area contributed by atoms with Crippen LogP contribution >= 0.6 is 59.6 Å². The standard InChI is InChI=1S/C14H17Cl3N2.2ClH/c1-2-3-13(19-6-4-18-5-7-19)11-8-10(15)9-12(16)14(11)17;;/h2,8-9,13,18H,1,3-7H2;2*1H/t13-;;/m0../s1. The van der Waals surface area contributed by atoms with Crippen LogP contribution in [-0.2, 0) is 0 Å². The SMILES string of the molecule is C=CC[C@@H](c1cc(Cl)cc(Cl)c1Cl)N1CCNCC1.Cl.Cl. The molecular formula is C14H19Cl5N2. The molecule has 1 aromatic carbocycles. The number of benzene rings is 1. The van der Waals surface area contributed by atoms with Crippen LogP contribution in [-0.4, -0.2) is 31.1 Å². The third kappa shape index (κ3) is 5.47. The molecule has 7 heteroatoms. The van der Waals surface area contributed by atoms with E-state index in [0.29, 0.717) is 15.1 Å². The van der Waals surface area contributed by atoms with Crippen molar-refractivity contribution in [2.24, 2.45) is 0 Å². The van der Waals surface area contributed by atoms with E-state index in [1.54, 1.807) is 6.07 Å². The van der Waals surface area contributed by atoms with Crippen LogP contribution < -0.4 is 5.32 Å². The van der Waals surface area contributed by atoms with Crippen LogP contribution in [0.1, 0.15) is 18.0 Å². The van der Waals surface area contributed by atoms with Crippen LogP contribution in [0, 0.1) is 0 Å². The summed E-state index contributed by atoms with van der Waals surface area (Å²) in [6.07, 6.45) is 2.74. The second-order valence-electron chi connectivity index (χ2n) is 4.62. The Morgan fingerprint density at radius 2 is 1.81 bits per heavy atom. The van der Waals surface area contributed by atoms with Gasteiger partial charge in [-0.1, -0.05) is 40.9 Å². The molecule has 21 heavy (non-hydrogen) atoms. The Balaban J connectivity index is 0.00000200. The Hall–Kier alpha value is 0.330. The number of nitrogens with one attached hydrogen (secondary N) is 1. The Labute approximate surface area is 153 Å². The molecule has 0 spiro atoms. The van der Waals surface area contributed by atoms with E-state index in [-0.39, 0.29) is 30.9 Å². The van der Waals surface area contributed by atoms with E-state index in [4.69, 9.17) is 34.8 Å². The first kappa shape index (κ1) is 21.3. The molecule has 1 saturated heterocycles. The molecule has 1 heterocycles. The van der Waals surface area contributed by atoms with Gasteiger partial charge in [0.05, 0.1) is 10.0 Å². The maximum Gasteiger partial charge on any atom is 0.0641 e. The van der Waals surface area contributed by atoms with Crippen molar-refractivity contribution >= 4 is 59.6 Å². The summed E-state index contributed by atoms with van der Waals surface area (Å²) in [5, 5.41) is 5.07. The molecule has 0 aromatic heterocycles. The molecule has 1 N–H and O–H groups in total. The highest BCUT2D eigenvalue weighted by atomic mass is 35.5.